The number of rotatable bonds is 2. The van der Waals surface area contributed by atoms with Crippen molar-refractivity contribution in [2.24, 2.45) is 5.92 Å². The number of ether oxygens (including phenoxy) is 3. The Kier molecular flexibility index (Phi) is 4.51. The van der Waals surface area contributed by atoms with E-state index in [0.717, 1.165) is 0 Å². The van der Waals surface area contributed by atoms with E-state index in [1.54, 1.807) is 0 Å². The molecule has 0 aromatic heterocycles. The van der Waals surface area contributed by atoms with Crippen molar-refractivity contribution in [3.8, 4) is 0 Å². The van der Waals surface area contributed by atoms with Crippen molar-refractivity contribution < 1.29 is 23.8 Å². The Hall–Kier alpha value is -1.10. The van der Waals surface area contributed by atoms with Crippen LogP contribution in [0.15, 0.2) is 0 Å². The summed E-state index contributed by atoms with van der Waals surface area (Å²) >= 11 is 0. The van der Waals surface area contributed by atoms with E-state index in [0.29, 0.717) is 0 Å². The van der Waals surface area contributed by atoms with Gasteiger partial charge in [-0.05, 0) is 13.8 Å². The van der Waals surface area contributed by atoms with Crippen LogP contribution in [0.4, 0.5) is 0 Å². The summed E-state index contributed by atoms with van der Waals surface area (Å²) in [5, 5.41) is 0. The fourth-order valence-electron chi connectivity index (χ4n) is 2.09. The Morgan fingerprint density at radius 2 is 1.35 bits per heavy atom. The van der Waals surface area contributed by atoms with Gasteiger partial charge in [0.25, 0.3) is 0 Å². The molecule has 0 unspecified atom stereocenters. The molecule has 0 aliphatic carbocycles. The zero-order valence-corrected chi connectivity index (χ0v) is 10.9. The van der Waals surface area contributed by atoms with Crippen molar-refractivity contribution in [3.63, 3.8) is 0 Å². The van der Waals surface area contributed by atoms with Crippen LogP contribution in [0.2, 0.25) is 0 Å². The summed E-state index contributed by atoms with van der Waals surface area (Å²) in [6.07, 6.45) is -1.31. The minimum Gasteiger partial charge on any atom is -0.458 e. The van der Waals surface area contributed by atoms with Gasteiger partial charge in [-0.25, -0.2) is 0 Å². The van der Waals surface area contributed by atoms with Gasteiger partial charge in [0.2, 0.25) is 0 Å². The first-order valence-corrected chi connectivity index (χ1v) is 5.82. The van der Waals surface area contributed by atoms with Gasteiger partial charge in [0.1, 0.15) is 6.10 Å². The first-order valence-electron chi connectivity index (χ1n) is 5.82. The highest BCUT2D eigenvalue weighted by Gasteiger charge is 2.44. The maximum atomic E-state index is 11.1. The molecular weight excluding hydrogens is 224 g/mol. The van der Waals surface area contributed by atoms with Gasteiger partial charge in [-0.1, -0.05) is 6.92 Å². The van der Waals surface area contributed by atoms with E-state index < -0.39 is 18.2 Å². The Bertz CT molecular complexity index is 301. The minimum atomic E-state index is -0.539. The van der Waals surface area contributed by atoms with E-state index in [2.05, 4.69) is 0 Å². The molecule has 0 aromatic rings. The zero-order chi connectivity index (χ0) is 13.2. The monoisotopic (exact) mass is 244 g/mol. The maximum absolute atomic E-state index is 11.1. The molecule has 0 saturated carbocycles. The van der Waals surface area contributed by atoms with Gasteiger partial charge in [-0.2, -0.15) is 0 Å². The second-order valence-electron chi connectivity index (χ2n) is 4.55. The van der Waals surface area contributed by atoms with Crippen molar-refractivity contribution in [2.75, 3.05) is 0 Å². The molecule has 5 atom stereocenters. The SMILES string of the molecule is CC(=O)O[C@@H]1[C@@H](C)[C@H](C)O[C@@H](C)[C@@H]1OC(C)=O. The first-order chi connectivity index (χ1) is 7.82. The Balaban J connectivity index is 2.86. The number of esters is 2. The fourth-order valence-corrected chi connectivity index (χ4v) is 2.09. The molecule has 1 rings (SSSR count). The summed E-state index contributed by atoms with van der Waals surface area (Å²) in [6.45, 7) is 8.33. The molecule has 1 aliphatic rings. The van der Waals surface area contributed by atoms with E-state index in [1.807, 2.05) is 20.8 Å². The number of carbonyl (C=O) groups excluding carboxylic acids is 2. The van der Waals surface area contributed by atoms with Gasteiger partial charge in [-0.3, -0.25) is 9.59 Å². The van der Waals surface area contributed by atoms with E-state index in [4.69, 9.17) is 14.2 Å². The smallest absolute Gasteiger partial charge is 0.303 e. The molecule has 0 amide bonds. The molecule has 0 N–H and O–H groups in total. The van der Waals surface area contributed by atoms with Crippen LogP contribution < -0.4 is 0 Å². The molecule has 0 spiro atoms. The topological polar surface area (TPSA) is 61.8 Å². The Morgan fingerprint density at radius 1 is 0.882 bits per heavy atom. The van der Waals surface area contributed by atoms with Gasteiger partial charge in [0.05, 0.1) is 12.2 Å². The Morgan fingerprint density at radius 3 is 1.82 bits per heavy atom. The second kappa shape index (κ2) is 5.49. The van der Waals surface area contributed by atoms with Crippen LogP contribution >= 0.6 is 0 Å². The molecule has 0 bridgehead atoms. The molecule has 5 heteroatoms. The second-order valence-corrected chi connectivity index (χ2v) is 4.55. The van der Waals surface area contributed by atoms with Crippen LogP contribution in [-0.2, 0) is 23.8 Å². The van der Waals surface area contributed by atoms with E-state index in [1.165, 1.54) is 13.8 Å². The standard InChI is InChI=1S/C12H20O5/c1-6-7(2)15-8(3)12(17-10(5)14)11(6)16-9(4)13/h6-8,11-12H,1-5H3/t6-,7-,8-,11+,12-/m0/s1. The summed E-state index contributed by atoms with van der Waals surface area (Å²) in [7, 11) is 0. The predicted molar refractivity (Wildman–Crippen MR) is 60.3 cm³/mol. The van der Waals surface area contributed by atoms with Gasteiger partial charge < -0.3 is 14.2 Å². The Labute approximate surface area is 101 Å². The average Bonchev–Trinajstić information content (AvgIpc) is 2.19. The molecule has 1 saturated heterocycles. The number of hydrogen-bond acceptors (Lipinski definition) is 5. The van der Waals surface area contributed by atoms with Crippen molar-refractivity contribution in [3.05, 3.63) is 0 Å². The fraction of sp³-hybridized carbons (Fsp3) is 0.833. The predicted octanol–water partition coefficient (Wildman–Crippen LogP) is 1.29. The summed E-state index contributed by atoms with van der Waals surface area (Å²) in [6, 6.07) is 0. The lowest BCUT2D eigenvalue weighted by molar-refractivity contribution is -0.216. The molecule has 1 fully saturated rings. The molecule has 17 heavy (non-hydrogen) atoms. The van der Waals surface area contributed by atoms with Gasteiger partial charge in [-0.15, -0.1) is 0 Å². The lowest BCUT2D eigenvalue weighted by atomic mass is 9.89. The van der Waals surface area contributed by atoms with Gasteiger partial charge in [0, 0.05) is 19.8 Å². The highest BCUT2D eigenvalue weighted by Crippen LogP contribution is 2.30. The third-order valence-electron chi connectivity index (χ3n) is 3.08. The zero-order valence-electron chi connectivity index (χ0n) is 10.9. The van der Waals surface area contributed by atoms with Gasteiger partial charge >= 0.3 is 11.9 Å². The van der Waals surface area contributed by atoms with Crippen LogP contribution in [0.25, 0.3) is 0 Å². The lowest BCUT2D eigenvalue weighted by Gasteiger charge is -2.42. The van der Waals surface area contributed by atoms with Crippen molar-refractivity contribution in [1.29, 1.82) is 0 Å². The summed E-state index contributed by atoms with van der Waals surface area (Å²) in [5.41, 5.74) is 0. The molecule has 0 radical (unpaired) electrons. The highest BCUT2D eigenvalue weighted by atomic mass is 16.6. The first kappa shape index (κ1) is 14.0. The van der Waals surface area contributed by atoms with Crippen LogP contribution in [-0.4, -0.2) is 36.4 Å². The van der Waals surface area contributed by atoms with Gasteiger partial charge in [0.15, 0.2) is 6.10 Å². The summed E-state index contributed by atoms with van der Waals surface area (Å²) in [4.78, 5) is 22.2. The quantitative estimate of drug-likeness (QED) is 0.685. The number of carbonyl (C=O) groups is 2. The molecule has 0 aromatic carbocycles. The molecule has 1 aliphatic heterocycles. The van der Waals surface area contributed by atoms with Crippen molar-refractivity contribution in [1.82, 2.24) is 0 Å². The maximum Gasteiger partial charge on any atom is 0.303 e. The molecule has 98 valence electrons. The van der Waals surface area contributed by atoms with Crippen molar-refractivity contribution in [2.45, 2.75) is 59.0 Å². The van der Waals surface area contributed by atoms with Crippen molar-refractivity contribution >= 4 is 11.9 Å². The average molecular weight is 244 g/mol. The highest BCUT2D eigenvalue weighted by molar-refractivity contribution is 5.67. The summed E-state index contributed by atoms with van der Waals surface area (Å²) in [5.74, 6) is -0.788. The van der Waals surface area contributed by atoms with E-state index >= 15 is 0 Å². The molecular formula is C12H20O5. The largest absolute Gasteiger partial charge is 0.458 e. The van der Waals surface area contributed by atoms with Crippen LogP contribution in [0.3, 0.4) is 0 Å². The normalized spacial score (nSPS) is 37.4. The van der Waals surface area contributed by atoms with Crippen LogP contribution in [0.1, 0.15) is 34.6 Å². The van der Waals surface area contributed by atoms with E-state index in [9.17, 15) is 9.59 Å². The van der Waals surface area contributed by atoms with Crippen LogP contribution in [0.5, 0.6) is 0 Å². The number of hydrogen-bond donors (Lipinski definition) is 0. The third-order valence-corrected chi connectivity index (χ3v) is 3.08. The lowest BCUT2D eigenvalue weighted by Crippen LogP contribution is -2.54. The minimum absolute atomic E-state index is 0.0144. The van der Waals surface area contributed by atoms with E-state index in [-0.39, 0.29) is 24.1 Å². The third kappa shape index (κ3) is 3.43. The van der Waals surface area contributed by atoms with Crippen LogP contribution in [0, 0.1) is 5.92 Å². The summed E-state index contributed by atoms with van der Waals surface area (Å²) < 4.78 is 16.1. The molecule has 1 heterocycles. The molecule has 5 nitrogen and oxygen atoms in total.